The maximum atomic E-state index is 6.55. The van der Waals surface area contributed by atoms with Crippen LogP contribution in [-0.2, 0) is 6.42 Å². The third-order valence-electron chi connectivity index (χ3n) is 5.77. The Balaban J connectivity index is 1.56. The molecule has 0 atom stereocenters. The molecule has 0 fully saturated rings. The predicted molar refractivity (Wildman–Crippen MR) is 136 cm³/mol. The monoisotopic (exact) mass is 506 g/mol. The fourth-order valence-corrected chi connectivity index (χ4v) is 7.14. The van der Waals surface area contributed by atoms with Crippen molar-refractivity contribution in [2.75, 3.05) is 0 Å². The van der Waals surface area contributed by atoms with Gasteiger partial charge in [0, 0.05) is 0 Å². The van der Waals surface area contributed by atoms with E-state index in [1.165, 1.54) is 0 Å². The summed E-state index contributed by atoms with van der Waals surface area (Å²) in [6.07, 6.45) is 2.62. The molecule has 34 heavy (non-hydrogen) atoms. The average molecular weight is 507 g/mol. The number of aryl methyl sites for hydroxylation is 3. The van der Waals surface area contributed by atoms with Crippen LogP contribution in [0.5, 0.6) is 17.2 Å². The zero-order chi connectivity index (χ0) is 23.5. The minimum absolute atomic E-state index is 0.664. The zero-order valence-electron chi connectivity index (χ0n) is 19.5. The molecular weight excluding hydrogens is 482 g/mol. The Hall–Kier alpha value is -3.48. The molecule has 0 unspecified atom stereocenters. The van der Waals surface area contributed by atoms with Crippen molar-refractivity contribution in [1.82, 2.24) is 9.97 Å². The molecule has 5 nitrogen and oxygen atoms in total. The van der Waals surface area contributed by atoms with Gasteiger partial charge in [-0.2, -0.15) is 0 Å². The van der Waals surface area contributed by atoms with Gasteiger partial charge in [-0.1, -0.05) is 0 Å². The van der Waals surface area contributed by atoms with E-state index in [1.54, 1.807) is 6.20 Å². The van der Waals surface area contributed by atoms with Crippen LogP contribution >= 0.6 is 0 Å². The van der Waals surface area contributed by atoms with Gasteiger partial charge in [0.1, 0.15) is 0 Å². The van der Waals surface area contributed by atoms with Gasteiger partial charge in [0.25, 0.3) is 0 Å². The van der Waals surface area contributed by atoms with Crippen molar-refractivity contribution in [2.45, 2.75) is 27.2 Å². The van der Waals surface area contributed by atoms with Crippen LogP contribution in [0.15, 0.2) is 85.1 Å². The molecule has 0 aliphatic heterocycles. The Kier molecular flexibility index (Phi) is 6.43. The first kappa shape index (κ1) is 22.3. The molecule has 6 heteroatoms. The average Bonchev–Trinajstić information content (AvgIpc) is 2.86. The summed E-state index contributed by atoms with van der Waals surface area (Å²) in [4.78, 5) is 9.36. The van der Waals surface area contributed by atoms with Gasteiger partial charge in [-0.3, -0.25) is 0 Å². The Bertz CT molecular complexity index is 1450. The molecule has 0 saturated carbocycles. The first-order chi connectivity index (χ1) is 16.6. The van der Waals surface area contributed by atoms with E-state index < -0.39 is 17.3 Å². The van der Waals surface area contributed by atoms with Crippen LogP contribution in [0.3, 0.4) is 0 Å². The minimum atomic E-state index is -3.40. The molecule has 0 saturated heterocycles. The first-order valence-electron chi connectivity index (χ1n) is 11.4. The number of hydrogen-bond donors (Lipinski definition) is 0. The summed E-state index contributed by atoms with van der Waals surface area (Å²) < 4.78 is 19.6. The fourth-order valence-electron chi connectivity index (χ4n) is 3.98. The molecule has 0 amide bonds. The van der Waals surface area contributed by atoms with Crippen molar-refractivity contribution >= 4 is 39.1 Å². The van der Waals surface area contributed by atoms with E-state index in [2.05, 4.69) is 24.0 Å². The van der Waals surface area contributed by atoms with Crippen molar-refractivity contribution in [3.63, 3.8) is 0 Å². The molecule has 0 spiro atoms. The first-order valence-corrected chi connectivity index (χ1v) is 14.4. The molecule has 168 valence electrons. The SMILES string of the molecule is CCc1ccc2cccc([O][Ga]([O]c3c(C)cccc3C)[O]c3cccc4cccnc34)c2n1. The van der Waals surface area contributed by atoms with Crippen LogP contribution in [-0.4, -0.2) is 27.3 Å². The Morgan fingerprint density at radius 2 is 1.29 bits per heavy atom. The second-order valence-electron chi connectivity index (χ2n) is 8.18. The van der Waals surface area contributed by atoms with E-state index in [4.69, 9.17) is 15.6 Å². The molecule has 2 aromatic heterocycles. The topological polar surface area (TPSA) is 53.5 Å². The van der Waals surface area contributed by atoms with Crippen LogP contribution in [0.2, 0.25) is 0 Å². The van der Waals surface area contributed by atoms with E-state index in [0.717, 1.165) is 50.8 Å². The molecule has 3 aromatic carbocycles. The van der Waals surface area contributed by atoms with E-state index >= 15 is 0 Å². The number of para-hydroxylation sites is 3. The van der Waals surface area contributed by atoms with E-state index in [-0.39, 0.29) is 0 Å². The Labute approximate surface area is 205 Å². The van der Waals surface area contributed by atoms with Crippen LogP contribution in [0.25, 0.3) is 21.8 Å². The van der Waals surface area contributed by atoms with Crippen molar-refractivity contribution < 1.29 is 10.6 Å². The van der Waals surface area contributed by atoms with Gasteiger partial charge >= 0.3 is 206 Å². The summed E-state index contributed by atoms with van der Waals surface area (Å²) >= 11 is -3.40. The Morgan fingerprint density at radius 1 is 0.676 bits per heavy atom. The molecule has 0 bridgehead atoms. The number of nitrogens with zero attached hydrogens (tertiary/aromatic N) is 2. The van der Waals surface area contributed by atoms with Crippen LogP contribution < -0.4 is 10.6 Å². The van der Waals surface area contributed by atoms with Crippen molar-refractivity contribution in [3.05, 3.63) is 102 Å². The molecule has 5 rings (SSSR count). The van der Waals surface area contributed by atoms with Crippen LogP contribution in [0, 0.1) is 13.8 Å². The molecule has 2 heterocycles. The maximum absolute atomic E-state index is 6.55. The van der Waals surface area contributed by atoms with Gasteiger partial charge in [0.2, 0.25) is 0 Å². The summed E-state index contributed by atoms with van der Waals surface area (Å²) in [6, 6.07) is 26.0. The van der Waals surface area contributed by atoms with Crippen LogP contribution in [0.1, 0.15) is 23.7 Å². The molecule has 0 aliphatic carbocycles. The van der Waals surface area contributed by atoms with Gasteiger partial charge in [-0.25, -0.2) is 0 Å². The third kappa shape index (κ3) is 4.60. The molecule has 0 radical (unpaired) electrons. The van der Waals surface area contributed by atoms with Gasteiger partial charge in [0.05, 0.1) is 0 Å². The summed E-state index contributed by atoms with van der Waals surface area (Å²) in [7, 11) is 0. The number of fused-ring (bicyclic) bond motifs is 2. The number of pyridine rings is 2. The van der Waals surface area contributed by atoms with Gasteiger partial charge in [-0.15, -0.1) is 0 Å². The molecular formula is C28H25GaN2O3. The quantitative estimate of drug-likeness (QED) is 0.236. The van der Waals surface area contributed by atoms with E-state index in [1.807, 2.05) is 80.6 Å². The van der Waals surface area contributed by atoms with Gasteiger partial charge in [0.15, 0.2) is 0 Å². The molecule has 0 N–H and O–H groups in total. The Morgan fingerprint density at radius 3 is 2.00 bits per heavy atom. The second kappa shape index (κ2) is 9.79. The van der Waals surface area contributed by atoms with E-state index in [9.17, 15) is 0 Å². The van der Waals surface area contributed by atoms with Crippen LogP contribution in [0.4, 0.5) is 0 Å². The number of hydrogen-bond acceptors (Lipinski definition) is 5. The zero-order valence-corrected chi connectivity index (χ0v) is 21.9. The summed E-state index contributed by atoms with van der Waals surface area (Å²) in [5.74, 6) is 2.15. The third-order valence-corrected chi connectivity index (χ3v) is 8.54. The second-order valence-corrected chi connectivity index (χ2v) is 10.9. The van der Waals surface area contributed by atoms with Crippen molar-refractivity contribution in [1.29, 1.82) is 0 Å². The predicted octanol–water partition coefficient (Wildman–Crippen LogP) is 6.48. The standard InChI is InChI=1S/C11H11NO.C9H7NO.C8H10O.Ga/c1-2-9-7-6-8-4-3-5-10(13)11(8)12-9;11-8-5-1-3-7-4-2-6-10-9(7)8;1-6-4-3-5-7(2)8(6)9;/h3-7,13H,2H2,1H3;1-6,11H;3-5,9H,1-2H3;/q;;;+3/p-3. The van der Waals surface area contributed by atoms with Crippen molar-refractivity contribution in [2.24, 2.45) is 0 Å². The number of rotatable bonds is 7. The summed E-state index contributed by atoms with van der Waals surface area (Å²) in [5.41, 5.74) is 4.72. The number of benzene rings is 3. The van der Waals surface area contributed by atoms with Crippen molar-refractivity contribution in [3.8, 4) is 17.2 Å². The number of aromatic nitrogens is 2. The van der Waals surface area contributed by atoms with Gasteiger partial charge < -0.3 is 0 Å². The molecule has 0 aliphatic rings. The normalized spacial score (nSPS) is 10.9. The van der Waals surface area contributed by atoms with E-state index in [0.29, 0.717) is 11.5 Å². The molecule has 5 aromatic rings. The van der Waals surface area contributed by atoms with Gasteiger partial charge in [-0.05, 0) is 0 Å². The summed E-state index contributed by atoms with van der Waals surface area (Å²) in [6.45, 7) is 6.17. The fraction of sp³-hybridized carbons (Fsp3) is 0.143. The summed E-state index contributed by atoms with van der Waals surface area (Å²) in [5, 5.41) is 2.03.